The molecule has 0 radical (unpaired) electrons. The van der Waals surface area contributed by atoms with Gasteiger partial charge in [-0.05, 0) is 31.2 Å². The molecule has 2 amide bonds. The number of benzene rings is 1. The summed E-state index contributed by atoms with van der Waals surface area (Å²) in [4.78, 5) is 11.7. The van der Waals surface area contributed by atoms with Crippen LogP contribution >= 0.6 is 0 Å². The minimum atomic E-state index is -4.44. The number of amides is 2. The van der Waals surface area contributed by atoms with Crippen molar-refractivity contribution in [2.75, 3.05) is 5.32 Å². The number of rotatable bonds is 4. The van der Waals surface area contributed by atoms with Gasteiger partial charge < -0.3 is 10.6 Å². The average Bonchev–Trinajstić information content (AvgIpc) is 2.92. The third-order valence-electron chi connectivity index (χ3n) is 2.98. The van der Waals surface area contributed by atoms with E-state index in [-0.39, 0.29) is 12.2 Å². The topological polar surface area (TPSA) is 59.0 Å². The van der Waals surface area contributed by atoms with Crippen molar-refractivity contribution in [3.8, 4) is 0 Å². The molecule has 1 aromatic heterocycles. The zero-order valence-electron chi connectivity index (χ0n) is 11.8. The maximum absolute atomic E-state index is 12.6. The quantitative estimate of drug-likeness (QED) is 0.910. The van der Waals surface area contributed by atoms with Crippen molar-refractivity contribution in [2.24, 2.45) is 0 Å². The number of hydrogen-bond acceptors (Lipinski definition) is 2. The van der Waals surface area contributed by atoms with Crippen molar-refractivity contribution in [2.45, 2.75) is 26.2 Å². The summed E-state index contributed by atoms with van der Waals surface area (Å²) >= 11 is 0. The molecule has 2 aromatic rings. The number of carbonyl (C=O) groups excluding carboxylic acids is 1. The van der Waals surface area contributed by atoms with E-state index in [2.05, 4.69) is 15.7 Å². The van der Waals surface area contributed by atoms with E-state index in [1.54, 1.807) is 16.9 Å². The molecule has 5 nitrogen and oxygen atoms in total. The molecule has 0 spiro atoms. The first-order valence-electron chi connectivity index (χ1n) is 6.63. The first kappa shape index (κ1) is 15.9. The third kappa shape index (κ3) is 4.00. The molecule has 8 heteroatoms. The number of aryl methyl sites for hydroxylation is 1. The lowest BCUT2D eigenvalue weighted by molar-refractivity contribution is -0.137. The van der Waals surface area contributed by atoms with E-state index in [1.165, 1.54) is 12.1 Å². The van der Waals surface area contributed by atoms with Gasteiger partial charge in [0.1, 0.15) is 0 Å². The van der Waals surface area contributed by atoms with Crippen LogP contribution in [-0.4, -0.2) is 15.8 Å². The number of nitrogens with zero attached hydrogens (tertiary/aromatic N) is 2. The van der Waals surface area contributed by atoms with Crippen LogP contribution in [0.1, 0.15) is 18.2 Å². The van der Waals surface area contributed by atoms with Crippen LogP contribution in [0.2, 0.25) is 0 Å². The molecule has 1 heterocycles. The Morgan fingerprint density at radius 2 is 2.09 bits per heavy atom. The number of alkyl halides is 3. The Morgan fingerprint density at radius 1 is 1.32 bits per heavy atom. The van der Waals surface area contributed by atoms with Gasteiger partial charge in [-0.15, -0.1) is 0 Å². The fourth-order valence-electron chi connectivity index (χ4n) is 1.91. The second-order valence-corrected chi connectivity index (χ2v) is 4.52. The molecular weight excluding hydrogens is 297 g/mol. The van der Waals surface area contributed by atoms with Gasteiger partial charge >= 0.3 is 12.2 Å². The summed E-state index contributed by atoms with van der Waals surface area (Å²) in [6.07, 6.45) is -2.83. The average molecular weight is 312 g/mol. The van der Waals surface area contributed by atoms with E-state index in [9.17, 15) is 18.0 Å². The number of nitrogens with one attached hydrogen (secondary N) is 2. The smallest absolute Gasteiger partial charge is 0.332 e. The Bertz CT molecular complexity index is 652. The van der Waals surface area contributed by atoms with Gasteiger partial charge in [-0.1, -0.05) is 6.07 Å². The second kappa shape index (κ2) is 6.50. The van der Waals surface area contributed by atoms with Gasteiger partial charge in [0.15, 0.2) is 0 Å². The van der Waals surface area contributed by atoms with Crippen LogP contribution in [0, 0.1) is 0 Å². The number of urea groups is 1. The fourth-order valence-corrected chi connectivity index (χ4v) is 1.91. The first-order valence-corrected chi connectivity index (χ1v) is 6.63. The summed E-state index contributed by atoms with van der Waals surface area (Å²) < 4.78 is 39.5. The highest BCUT2D eigenvalue weighted by Crippen LogP contribution is 2.30. The molecular formula is C14H15F3N4O. The van der Waals surface area contributed by atoms with Gasteiger partial charge in [-0.3, -0.25) is 4.68 Å². The number of halogens is 3. The predicted molar refractivity (Wildman–Crippen MR) is 75.2 cm³/mol. The molecule has 0 atom stereocenters. The van der Waals surface area contributed by atoms with E-state index in [0.29, 0.717) is 6.54 Å². The van der Waals surface area contributed by atoms with Crippen molar-refractivity contribution in [1.29, 1.82) is 0 Å². The lowest BCUT2D eigenvalue weighted by Crippen LogP contribution is -2.29. The monoisotopic (exact) mass is 312 g/mol. The predicted octanol–water partition coefficient (Wildman–Crippen LogP) is 3.24. The van der Waals surface area contributed by atoms with Gasteiger partial charge in [0, 0.05) is 18.4 Å². The van der Waals surface area contributed by atoms with E-state index >= 15 is 0 Å². The summed E-state index contributed by atoms with van der Waals surface area (Å²) in [6.45, 7) is 2.82. The Balaban J connectivity index is 1.95. The standard InChI is InChI=1S/C14H15F3N4O/c1-2-21-12(6-7-19-21)9-18-13(22)20-11-5-3-4-10(8-11)14(15,16)17/h3-8H,2,9H2,1H3,(H2,18,20,22). The Hall–Kier alpha value is -2.51. The summed E-state index contributed by atoms with van der Waals surface area (Å²) in [7, 11) is 0. The molecule has 0 aliphatic rings. The number of carbonyl (C=O) groups is 1. The van der Waals surface area contributed by atoms with E-state index in [1.807, 2.05) is 6.92 Å². The summed E-state index contributed by atoms with van der Waals surface area (Å²) in [6, 6.07) is 5.64. The van der Waals surface area contributed by atoms with Crippen molar-refractivity contribution >= 4 is 11.7 Å². The molecule has 2 N–H and O–H groups in total. The minimum absolute atomic E-state index is 0.0799. The Morgan fingerprint density at radius 3 is 2.77 bits per heavy atom. The zero-order valence-corrected chi connectivity index (χ0v) is 11.8. The van der Waals surface area contributed by atoms with Crippen molar-refractivity contribution in [3.05, 3.63) is 47.8 Å². The van der Waals surface area contributed by atoms with E-state index in [4.69, 9.17) is 0 Å². The normalized spacial score (nSPS) is 11.3. The molecule has 0 unspecified atom stereocenters. The Labute approximate surface area is 125 Å². The summed E-state index contributed by atoms with van der Waals surface area (Å²) in [5, 5.41) is 9.00. The largest absolute Gasteiger partial charge is 0.416 e. The molecule has 1 aromatic carbocycles. The van der Waals surface area contributed by atoms with Crippen LogP contribution in [0.4, 0.5) is 23.7 Å². The van der Waals surface area contributed by atoms with Crippen LogP contribution in [0.25, 0.3) is 0 Å². The highest BCUT2D eigenvalue weighted by Gasteiger charge is 2.30. The molecule has 2 rings (SSSR count). The molecule has 0 saturated heterocycles. The van der Waals surface area contributed by atoms with Crippen LogP contribution < -0.4 is 10.6 Å². The molecule has 0 saturated carbocycles. The Kier molecular flexibility index (Phi) is 4.69. The molecule has 0 aliphatic heterocycles. The molecule has 118 valence electrons. The summed E-state index contributed by atoms with van der Waals surface area (Å²) in [5.41, 5.74) is 0.0763. The van der Waals surface area contributed by atoms with Gasteiger partial charge in [-0.25, -0.2) is 4.79 Å². The van der Waals surface area contributed by atoms with Crippen molar-refractivity contribution in [1.82, 2.24) is 15.1 Å². The maximum Gasteiger partial charge on any atom is 0.416 e. The third-order valence-corrected chi connectivity index (χ3v) is 2.98. The SMILES string of the molecule is CCn1nccc1CNC(=O)Nc1cccc(C(F)(F)F)c1. The number of anilines is 1. The maximum atomic E-state index is 12.6. The molecule has 0 bridgehead atoms. The van der Waals surface area contributed by atoms with Crippen LogP contribution in [0.5, 0.6) is 0 Å². The van der Waals surface area contributed by atoms with Gasteiger partial charge in [0.05, 0.1) is 17.8 Å². The van der Waals surface area contributed by atoms with E-state index in [0.717, 1.165) is 17.8 Å². The van der Waals surface area contributed by atoms with Crippen LogP contribution in [-0.2, 0) is 19.3 Å². The van der Waals surface area contributed by atoms with Gasteiger partial charge in [0.2, 0.25) is 0 Å². The van der Waals surface area contributed by atoms with E-state index < -0.39 is 17.8 Å². The molecule has 0 aliphatic carbocycles. The fraction of sp³-hybridized carbons (Fsp3) is 0.286. The highest BCUT2D eigenvalue weighted by molar-refractivity contribution is 5.89. The van der Waals surface area contributed by atoms with Crippen molar-refractivity contribution in [3.63, 3.8) is 0 Å². The second-order valence-electron chi connectivity index (χ2n) is 4.52. The zero-order chi connectivity index (χ0) is 16.2. The molecule has 22 heavy (non-hydrogen) atoms. The molecule has 0 fully saturated rings. The lowest BCUT2D eigenvalue weighted by atomic mass is 10.2. The summed E-state index contributed by atoms with van der Waals surface area (Å²) in [5.74, 6) is 0. The van der Waals surface area contributed by atoms with Gasteiger partial charge in [0.25, 0.3) is 0 Å². The highest BCUT2D eigenvalue weighted by atomic mass is 19.4. The number of aromatic nitrogens is 2. The van der Waals surface area contributed by atoms with Gasteiger partial charge in [-0.2, -0.15) is 18.3 Å². The number of hydrogen-bond donors (Lipinski definition) is 2. The van der Waals surface area contributed by atoms with Crippen molar-refractivity contribution < 1.29 is 18.0 Å². The van der Waals surface area contributed by atoms with Crippen LogP contribution in [0.3, 0.4) is 0 Å². The first-order chi connectivity index (χ1) is 10.4. The van der Waals surface area contributed by atoms with Crippen LogP contribution in [0.15, 0.2) is 36.5 Å². The lowest BCUT2D eigenvalue weighted by Gasteiger charge is -2.11. The minimum Gasteiger partial charge on any atom is -0.332 e.